The van der Waals surface area contributed by atoms with E-state index >= 15 is 0 Å². The van der Waals surface area contributed by atoms with Crippen molar-refractivity contribution in [3.63, 3.8) is 0 Å². The summed E-state index contributed by atoms with van der Waals surface area (Å²) < 4.78 is 9.31. The van der Waals surface area contributed by atoms with Gasteiger partial charge in [0.1, 0.15) is 16.7 Å². The Bertz CT molecular complexity index is 1320. The highest BCUT2D eigenvalue weighted by Crippen LogP contribution is 2.35. The van der Waals surface area contributed by atoms with Gasteiger partial charge in [0.05, 0.1) is 12.8 Å². The largest absolute Gasteiger partial charge is 0.497 e. The number of hydrogen-bond donors (Lipinski definition) is 3. The number of hydrogen-bond acceptors (Lipinski definition) is 8. The fourth-order valence-electron chi connectivity index (χ4n) is 4.76. The van der Waals surface area contributed by atoms with Crippen molar-refractivity contribution in [2.75, 3.05) is 36.7 Å². The zero-order valence-electron chi connectivity index (χ0n) is 22.3. The maximum absolute atomic E-state index is 14.2. The Labute approximate surface area is 232 Å². The number of nitrogens with zero attached hydrogens (tertiary/aromatic N) is 3. The Morgan fingerprint density at radius 1 is 1.00 bits per heavy atom. The number of carbonyl (C=O) groups is 3. The summed E-state index contributed by atoms with van der Waals surface area (Å²) in [7, 11) is 5.41. The highest BCUT2D eigenvalue weighted by molar-refractivity contribution is 7.09. The molecule has 1 aliphatic carbocycles. The normalized spacial score (nSPS) is 14.3. The maximum Gasteiger partial charge on any atom is 0.273 e. The second kappa shape index (κ2) is 12.2. The highest BCUT2D eigenvalue weighted by atomic mass is 32.1. The molecule has 4 rings (SSSR count). The lowest BCUT2D eigenvalue weighted by Crippen LogP contribution is -2.47. The van der Waals surface area contributed by atoms with Crippen LogP contribution in [0.5, 0.6) is 5.75 Å². The average Bonchev–Trinajstić information content (AvgIpc) is 3.33. The molecule has 11 heteroatoms. The second-order valence-corrected chi connectivity index (χ2v) is 10.5. The van der Waals surface area contributed by atoms with Crippen molar-refractivity contribution in [3.8, 4) is 5.75 Å². The molecular weight excluding hydrogens is 516 g/mol. The summed E-state index contributed by atoms with van der Waals surface area (Å²) in [5.41, 5.74) is 13.3. The first-order chi connectivity index (χ1) is 18.7. The van der Waals surface area contributed by atoms with E-state index in [2.05, 4.69) is 9.69 Å². The van der Waals surface area contributed by atoms with Gasteiger partial charge in [-0.1, -0.05) is 31.4 Å². The van der Waals surface area contributed by atoms with Crippen LogP contribution in [-0.2, 0) is 4.79 Å². The third kappa shape index (κ3) is 6.14. The Morgan fingerprint density at radius 3 is 2.15 bits per heavy atom. The average molecular weight is 551 g/mol. The Kier molecular flexibility index (Phi) is 8.70. The van der Waals surface area contributed by atoms with Crippen LogP contribution in [-0.4, -0.2) is 49.3 Å². The number of ether oxygens (including phenoxy) is 1. The van der Waals surface area contributed by atoms with Gasteiger partial charge >= 0.3 is 0 Å². The van der Waals surface area contributed by atoms with Crippen molar-refractivity contribution in [3.05, 3.63) is 64.7 Å². The lowest BCUT2D eigenvalue weighted by molar-refractivity contribution is -0.123. The van der Waals surface area contributed by atoms with Crippen molar-refractivity contribution in [1.29, 1.82) is 0 Å². The maximum atomic E-state index is 14.2. The fourth-order valence-corrected chi connectivity index (χ4v) is 5.51. The Morgan fingerprint density at radius 2 is 1.62 bits per heavy atom. The van der Waals surface area contributed by atoms with Crippen LogP contribution in [0.25, 0.3) is 0 Å². The summed E-state index contributed by atoms with van der Waals surface area (Å²) in [6.45, 7) is 0. The predicted octanol–water partition coefficient (Wildman–Crippen LogP) is 3.74. The van der Waals surface area contributed by atoms with E-state index in [1.165, 1.54) is 4.90 Å². The van der Waals surface area contributed by atoms with Gasteiger partial charge in [-0.15, -0.1) is 0 Å². The van der Waals surface area contributed by atoms with Gasteiger partial charge in [0.2, 0.25) is 5.91 Å². The number of amides is 3. The van der Waals surface area contributed by atoms with E-state index in [-0.39, 0.29) is 28.2 Å². The Balaban J connectivity index is 1.84. The standard InChI is InChI=1S/C28H34N6O4S/c1-33(2)19-11-9-17(10-12-19)24(27(36)31-18-7-5-4-6-8-18)34(20-13-15-21(38-3)16-14-20)28(37)25-22(29)23(26(30)35)32-39-25/h9-16,18,24H,4-8,29H2,1-3H3,(H2,30,35)(H,31,36)/t24-/m0/s1. The molecule has 1 aromatic heterocycles. The molecule has 0 aliphatic heterocycles. The number of methoxy groups -OCH3 is 1. The SMILES string of the molecule is COc1ccc(N(C(=O)c2snc(C(N)=O)c2N)[C@H](C(=O)NC2CCCCC2)c2ccc(N(C)C)cc2)cc1. The first kappa shape index (κ1) is 27.9. The van der Waals surface area contributed by atoms with Crippen molar-refractivity contribution in [1.82, 2.24) is 9.69 Å². The molecule has 2 aromatic carbocycles. The van der Waals surface area contributed by atoms with Gasteiger partial charge in [-0.25, -0.2) is 0 Å². The number of nitrogens with one attached hydrogen (secondary N) is 1. The van der Waals surface area contributed by atoms with Crippen LogP contribution >= 0.6 is 11.5 Å². The lowest BCUT2D eigenvalue weighted by atomic mass is 9.94. The Hall–Kier alpha value is -4.12. The van der Waals surface area contributed by atoms with E-state index in [1.54, 1.807) is 31.4 Å². The minimum atomic E-state index is -1.03. The summed E-state index contributed by atoms with van der Waals surface area (Å²) in [5.74, 6) is -1.10. The molecule has 1 heterocycles. The van der Waals surface area contributed by atoms with Gasteiger partial charge < -0.3 is 26.4 Å². The van der Waals surface area contributed by atoms with Gasteiger partial charge in [-0.05, 0) is 66.3 Å². The molecular formula is C28H34N6O4S. The molecule has 206 valence electrons. The molecule has 10 nitrogen and oxygen atoms in total. The van der Waals surface area contributed by atoms with Crippen molar-refractivity contribution < 1.29 is 19.1 Å². The molecule has 3 amide bonds. The van der Waals surface area contributed by atoms with E-state index in [4.69, 9.17) is 16.2 Å². The molecule has 0 unspecified atom stereocenters. The summed E-state index contributed by atoms with van der Waals surface area (Å²) in [5, 5.41) is 3.19. The molecule has 0 saturated heterocycles. The molecule has 5 N–H and O–H groups in total. The summed E-state index contributed by atoms with van der Waals surface area (Å²) in [6, 6.07) is 13.3. The number of nitrogen functional groups attached to an aromatic ring is 1. The van der Waals surface area contributed by atoms with Crippen molar-refractivity contribution in [2.45, 2.75) is 44.2 Å². The summed E-state index contributed by atoms with van der Waals surface area (Å²) in [6.07, 6.45) is 5.00. The molecule has 1 atom stereocenters. The summed E-state index contributed by atoms with van der Waals surface area (Å²) in [4.78, 5) is 43.4. The van der Waals surface area contributed by atoms with Crippen LogP contribution < -0.4 is 31.3 Å². The van der Waals surface area contributed by atoms with Crippen LogP contribution in [0, 0.1) is 0 Å². The number of nitrogens with two attached hydrogens (primary N) is 2. The lowest BCUT2D eigenvalue weighted by Gasteiger charge is -2.33. The van der Waals surface area contributed by atoms with Crippen LogP contribution in [0.1, 0.15) is 63.9 Å². The smallest absolute Gasteiger partial charge is 0.273 e. The number of aromatic nitrogens is 1. The molecule has 1 fully saturated rings. The van der Waals surface area contributed by atoms with E-state index < -0.39 is 17.9 Å². The topological polar surface area (TPSA) is 144 Å². The number of benzene rings is 2. The number of rotatable bonds is 9. The van der Waals surface area contributed by atoms with Gasteiger partial charge in [-0.2, -0.15) is 4.37 Å². The number of carbonyl (C=O) groups excluding carboxylic acids is 3. The molecule has 0 radical (unpaired) electrons. The molecule has 0 bridgehead atoms. The molecule has 1 saturated carbocycles. The van der Waals surface area contributed by atoms with E-state index in [0.717, 1.165) is 49.3 Å². The summed E-state index contributed by atoms with van der Waals surface area (Å²) >= 11 is 0.779. The minimum Gasteiger partial charge on any atom is -0.497 e. The minimum absolute atomic E-state index is 0.0255. The highest BCUT2D eigenvalue weighted by Gasteiger charge is 2.37. The molecule has 39 heavy (non-hydrogen) atoms. The van der Waals surface area contributed by atoms with Crippen LogP contribution in [0.2, 0.25) is 0 Å². The zero-order valence-corrected chi connectivity index (χ0v) is 23.2. The van der Waals surface area contributed by atoms with E-state index in [1.807, 2.05) is 43.3 Å². The predicted molar refractivity (Wildman–Crippen MR) is 153 cm³/mol. The first-order valence-corrected chi connectivity index (χ1v) is 13.6. The van der Waals surface area contributed by atoms with Gasteiger partial charge in [0, 0.05) is 31.5 Å². The van der Waals surface area contributed by atoms with E-state index in [9.17, 15) is 14.4 Å². The van der Waals surface area contributed by atoms with Crippen molar-refractivity contribution in [2.24, 2.45) is 5.73 Å². The molecule has 3 aromatic rings. The molecule has 1 aliphatic rings. The second-order valence-electron chi connectivity index (χ2n) is 9.74. The van der Waals surface area contributed by atoms with E-state index in [0.29, 0.717) is 17.0 Å². The quantitative estimate of drug-likeness (QED) is 0.368. The fraction of sp³-hybridized carbons (Fsp3) is 0.357. The number of primary amides is 1. The van der Waals surface area contributed by atoms with Gasteiger partial charge in [-0.3, -0.25) is 19.3 Å². The van der Waals surface area contributed by atoms with Crippen LogP contribution in [0.4, 0.5) is 17.1 Å². The monoisotopic (exact) mass is 550 g/mol. The van der Waals surface area contributed by atoms with Gasteiger partial charge in [0.25, 0.3) is 11.8 Å². The van der Waals surface area contributed by atoms with Gasteiger partial charge in [0.15, 0.2) is 5.69 Å². The van der Waals surface area contributed by atoms with Crippen LogP contribution in [0.15, 0.2) is 48.5 Å². The third-order valence-electron chi connectivity index (χ3n) is 6.91. The third-order valence-corrected chi connectivity index (χ3v) is 7.76. The van der Waals surface area contributed by atoms with Crippen LogP contribution in [0.3, 0.4) is 0 Å². The van der Waals surface area contributed by atoms with Crippen molar-refractivity contribution >= 4 is 46.3 Å². The molecule has 0 spiro atoms. The first-order valence-electron chi connectivity index (χ1n) is 12.8. The number of anilines is 3. The zero-order chi connectivity index (χ0) is 28.1.